The highest BCUT2D eigenvalue weighted by Gasteiger charge is 2.26. The molecule has 6 heteroatoms. The molecule has 2 atom stereocenters. The van der Waals surface area contributed by atoms with Gasteiger partial charge in [0.2, 0.25) is 5.91 Å². The smallest absolute Gasteiger partial charge is 0.220 e. The maximum Gasteiger partial charge on any atom is 0.220 e. The van der Waals surface area contributed by atoms with E-state index in [1.54, 1.807) is 0 Å². The molecule has 134 valence electrons. The molecule has 0 unspecified atom stereocenters. The molecular weight excluding hydrogens is 308 g/mol. The summed E-state index contributed by atoms with van der Waals surface area (Å²) in [6.07, 6.45) is 3.79. The zero-order chi connectivity index (χ0) is 16.8. The van der Waals surface area contributed by atoms with Gasteiger partial charge in [-0.1, -0.05) is 0 Å². The third-order valence-corrected chi connectivity index (χ3v) is 4.79. The lowest BCUT2D eigenvalue weighted by molar-refractivity contribution is -0.122. The van der Waals surface area contributed by atoms with E-state index in [9.17, 15) is 4.79 Å². The normalized spacial score (nSPS) is 23.3. The SMILES string of the molecule is Cc1ccc([C@@H](CNC(=O)CC[C@@H]2CCCO2)N2CCOCC2)o1. The second-order valence-electron chi connectivity index (χ2n) is 6.59. The Hall–Kier alpha value is -1.37. The van der Waals surface area contributed by atoms with E-state index in [4.69, 9.17) is 13.9 Å². The second-order valence-corrected chi connectivity index (χ2v) is 6.59. The maximum absolute atomic E-state index is 12.2. The summed E-state index contributed by atoms with van der Waals surface area (Å²) in [5.74, 6) is 1.90. The molecule has 3 rings (SSSR count). The fraction of sp³-hybridized carbons (Fsp3) is 0.722. The molecule has 0 aromatic carbocycles. The highest BCUT2D eigenvalue weighted by atomic mass is 16.5. The minimum atomic E-state index is 0.0641. The second kappa shape index (κ2) is 8.65. The van der Waals surface area contributed by atoms with Crippen LogP contribution in [0.5, 0.6) is 0 Å². The van der Waals surface area contributed by atoms with Crippen molar-refractivity contribution in [2.45, 2.75) is 44.8 Å². The minimum Gasteiger partial charge on any atom is -0.465 e. The third-order valence-electron chi connectivity index (χ3n) is 4.79. The summed E-state index contributed by atoms with van der Waals surface area (Å²) < 4.78 is 16.8. The van der Waals surface area contributed by atoms with Crippen LogP contribution in [-0.4, -0.2) is 56.4 Å². The van der Waals surface area contributed by atoms with Gasteiger partial charge in [-0.05, 0) is 38.3 Å². The Morgan fingerprint density at radius 3 is 2.83 bits per heavy atom. The van der Waals surface area contributed by atoms with Gasteiger partial charge in [0.15, 0.2) is 0 Å². The number of hydrogen-bond donors (Lipinski definition) is 1. The van der Waals surface area contributed by atoms with Gasteiger partial charge < -0.3 is 19.2 Å². The Labute approximate surface area is 143 Å². The predicted octanol–water partition coefficient (Wildman–Crippen LogP) is 2.04. The molecular formula is C18H28N2O4. The van der Waals surface area contributed by atoms with Crippen molar-refractivity contribution in [3.63, 3.8) is 0 Å². The summed E-state index contributed by atoms with van der Waals surface area (Å²) in [5, 5.41) is 3.07. The molecule has 1 N–H and O–H groups in total. The Morgan fingerprint density at radius 1 is 1.33 bits per heavy atom. The molecule has 2 aliphatic rings. The lowest BCUT2D eigenvalue weighted by Crippen LogP contribution is -2.43. The number of carbonyl (C=O) groups excluding carboxylic acids is 1. The van der Waals surface area contributed by atoms with Gasteiger partial charge >= 0.3 is 0 Å². The van der Waals surface area contributed by atoms with E-state index in [1.165, 1.54) is 0 Å². The number of aryl methyl sites for hydroxylation is 1. The van der Waals surface area contributed by atoms with Crippen LogP contribution in [0.3, 0.4) is 0 Å². The van der Waals surface area contributed by atoms with Crippen LogP contribution in [0, 0.1) is 6.92 Å². The number of hydrogen-bond acceptors (Lipinski definition) is 5. The van der Waals surface area contributed by atoms with E-state index in [0.29, 0.717) is 13.0 Å². The van der Waals surface area contributed by atoms with Crippen molar-refractivity contribution in [1.29, 1.82) is 0 Å². The Balaban J connectivity index is 1.52. The number of nitrogens with one attached hydrogen (secondary N) is 1. The molecule has 0 aliphatic carbocycles. The van der Waals surface area contributed by atoms with Crippen LogP contribution in [0.15, 0.2) is 16.5 Å². The van der Waals surface area contributed by atoms with Crippen LogP contribution in [0.25, 0.3) is 0 Å². The molecule has 3 heterocycles. The molecule has 0 radical (unpaired) electrons. The number of ether oxygens (including phenoxy) is 2. The highest BCUT2D eigenvalue weighted by Crippen LogP contribution is 2.23. The minimum absolute atomic E-state index is 0.0641. The van der Waals surface area contributed by atoms with Crippen molar-refractivity contribution in [2.75, 3.05) is 39.5 Å². The number of morpholine rings is 1. The summed E-state index contributed by atoms with van der Waals surface area (Å²) in [5.41, 5.74) is 0. The van der Waals surface area contributed by atoms with Crippen LogP contribution in [0.4, 0.5) is 0 Å². The van der Waals surface area contributed by atoms with Crippen LogP contribution in [0.1, 0.15) is 43.2 Å². The summed E-state index contributed by atoms with van der Waals surface area (Å²) >= 11 is 0. The van der Waals surface area contributed by atoms with Gasteiger partial charge in [0.25, 0.3) is 0 Å². The summed E-state index contributed by atoms with van der Waals surface area (Å²) in [6.45, 7) is 6.51. The fourth-order valence-corrected chi connectivity index (χ4v) is 3.39. The molecule has 1 aromatic heterocycles. The monoisotopic (exact) mass is 336 g/mol. The largest absolute Gasteiger partial charge is 0.465 e. The zero-order valence-corrected chi connectivity index (χ0v) is 14.5. The van der Waals surface area contributed by atoms with Crippen LogP contribution >= 0.6 is 0 Å². The van der Waals surface area contributed by atoms with Gasteiger partial charge in [-0.25, -0.2) is 0 Å². The molecule has 0 bridgehead atoms. The van der Waals surface area contributed by atoms with Gasteiger partial charge in [0, 0.05) is 32.7 Å². The van der Waals surface area contributed by atoms with Gasteiger partial charge in [-0.2, -0.15) is 0 Å². The van der Waals surface area contributed by atoms with Crippen molar-refractivity contribution >= 4 is 5.91 Å². The fourth-order valence-electron chi connectivity index (χ4n) is 3.39. The van der Waals surface area contributed by atoms with Gasteiger partial charge in [-0.15, -0.1) is 0 Å². The van der Waals surface area contributed by atoms with Crippen molar-refractivity contribution in [3.8, 4) is 0 Å². The molecule has 2 aliphatic heterocycles. The summed E-state index contributed by atoms with van der Waals surface area (Å²) in [7, 11) is 0. The molecule has 1 aromatic rings. The zero-order valence-electron chi connectivity index (χ0n) is 14.5. The van der Waals surface area contributed by atoms with Gasteiger partial charge in [0.05, 0.1) is 25.4 Å². The molecule has 2 fully saturated rings. The summed E-state index contributed by atoms with van der Waals surface area (Å²) in [4.78, 5) is 14.5. The van der Waals surface area contributed by atoms with E-state index >= 15 is 0 Å². The standard InChI is InChI=1S/C18H28N2O4/c1-14-4-6-17(24-14)16(20-8-11-22-12-9-20)13-19-18(21)7-5-15-3-2-10-23-15/h4,6,15-16H,2-3,5,7-13H2,1H3,(H,19,21)/t15-,16+/m0/s1. The lowest BCUT2D eigenvalue weighted by atomic mass is 10.1. The van der Waals surface area contributed by atoms with E-state index in [2.05, 4.69) is 10.2 Å². The first kappa shape index (κ1) is 17.5. The molecule has 24 heavy (non-hydrogen) atoms. The van der Waals surface area contributed by atoms with E-state index in [1.807, 2.05) is 19.1 Å². The Bertz CT molecular complexity index is 519. The molecule has 0 saturated carbocycles. The molecule has 1 amide bonds. The first-order valence-electron chi connectivity index (χ1n) is 8.99. The average Bonchev–Trinajstić information content (AvgIpc) is 3.26. The Morgan fingerprint density at radius 2 is 2.17 bits per heavy atom. The number of nitrogens with zero attached hydrogens (tertiary/aromatic N) is 1. The van der Waals surface area contributed by atoms with E-state index < -0.39 is 0 Å². The van der Waals surface area contributed by atoms with Crippen molar-refractivity contribution < 1.29 is 18.7 Å². The van der Waals surface area contributed by atoms with Crippen molar-refractivity contribution in [2.24, 2.45) is 0 Å². The van der Waals surface area contributed by atoms with Gasteiger partial charge in [0.1, 0.15) is 11.5 Å². The van der Waals surface area contributed by atoms with Crippen molar-refractivity contribution in [3.05, 3.63) is 23.7 Å². The van der Waals surface area contributed by atoms with E-state index in [0.717, 1.165) is 63.7 Å². The molecule has 0 spiro atoms. The predicted molar refractivity (Wildman–Crippen MR) is 89.8 cm³/mol. The number of rotatable bonds is 7. The van der Waals surface area contributed by atoms with Crippen LogP contribution in [-0.2, 0) is 14.3 Å². The lowest BCUT2D eigenvalue weighted by Gasteiger charge is -2.33. The Kier molecular flexibility index (Phi) is 6.29. The molecule has 2 saturated heterocycles. The van der Waals surface area contributed by atoms with Crippen molar-refractivity contribution in [1.82, 2.24) is 10.2 Å². The average molecular weight is 336 g/mol. The third kappa shape index (κ3) is 4.82. The van der Waals surface area contributed by atoms with E-state index in [-0.39, 0.29) is 18.1 Å². The highest BCUT2D eigenvalue weighted by molar-refractivity contribution is 5.75. The number of carbonyl (C=O) groups is 1. The topological polar surface area (TPSA) is 63.9 Å². The first-order valence-corrected chi connectivity index (χ1v) is 8.99. The van der Waals surface area contributed by atoms with Crippen LogP contribution in [0.2, 0.25) is 0 Å². The number of furan rings is 1. The number of amides is 1. The molecule has 6 nitrogen and oxygen atoms in total. The van der Waals surface area contributed by atoms with Crippen LogP contribution < -0.4 is 5.32 Å². The maximum atomic E-state index is 12.2. The quantitative estimate of drug-likeness (QED) is 0.825. The van der Waals surface area contributed by atoms with Gasteiger partial charge in [-0.3, -0.25) is 9.69 Å². The summed E-state index contributed by atoms with van der Waals surface area (Å²) in [6, 6.07) is 4.05. The first-order chi connectivity index (χ1) is 11.7.